The Morgan fingerprint density at radius 2 is 1.94 bits per heavy atom. The van der Waals surface area contributed by atoms with E-state index in [-0.39, 0.29) is 28.4 Å². The van der Waals surface area contributed by atoms with Crippen molar-refractivity contribution in [1.29, 1.82) is 0 Å². The number of methoxy groups -OCH3 is 1. The largest absolute Gasteiger partial charge is 0.481 e. The van der Waals surface area contributed by atoms with Crippen molar-refractivity contribution in [2.75, 3.05) is 20.3 Å². The van der Waals surface area contributed by atoms with Gasteiger partial charge >= 0.3 is 0 Å². The number of hydrogen-bond acceptors (Lipinski definition) is 5. The molecule has 0 spiro atoms. The van der Waals surface area contributed by atoms with Crippen LogP contribution in [-0.4, -0.2) is 41.0 Å². The monoisotopic (exact) mass is 428 g/mol. The lowest BCUT2D eigenvalue weighted by Crippen LogP contribution is -2.16. The van der Waals surface area contributed by atoms with Gasteiger partial charge in [0.2, 0.25) is 5.88 Å². The van der Waals surface area contributed by atoms with E-state index in [1.54, 1.807) is 19.9 Å². The van der Waals surface area contributed by atoms with Crippen LogP contribution in [0.4, 0.5) is 8.78 Å². The number of amides is 1. The number of benzene rings is 1. The summed E-state index contributed by atoms with van der Waals surface area (Å²) in [6.07, 6.45) is 1.92. The molecule has 1 saturated heterocycles. The number of aromatic nitrogens is 3. The van der Waals surface area contributed by atoms with Gasteiger partial charge in [0.1, 0.15) is 11.6 Å². The molecule has 0 bridgehead atoms. The highest BCUT2D eigenvalue weighted by molar-refractivity contribution is 5.99. The fourth-order valence-electron chi connectivity index (χ4n) is 4.03. The fraction of sp³-hybridized carbons (Fsp3) is 0.318. The number of halogens is 2. The van der Waals surface area contributed by atoms with Crippen molar-refractivity contribution in [2.24, 2.45) is 5.73 Å². The number of carbonyl (C=O) groups excluding carboxylic acids is 1. The minimum Gasteiger partial charge on any atom is -0.481 e. The second-order valence-electron chi connectivity index (χ2n) is 7.49. The van der Waals surface area contributed by atoms with Crippen LogP contribution in [0.15, 0.2) is 24.4 Å². The average molecular weight is 428 g/mol. The second-order valence-corrected chi connectivity index (χ2v) is 7.49. The smallest absolute Gasteiger partial charge is 0.252 e. The molecule has 1 aromatic carbocycles. The summed E-state index contributed by atoms with van der Waals surface area (Å²) in [6.45, 7) is 4.37. The van der Waals surface area contributed by atoms with Gasteiger partial charge in [-0.05, 0) is 38.0 Å². The number of ether oxygens (including phenoxy) is 2. The summed E-state index contributed by atoms with van der Waals surface area (Å²) >= 11 is 0. The Labute approximate surface area is 177 Å². The predicted octanol–water partition coefficient (Wildman–Crippen LogP) is 3.58. The molecule has 0 aliphatic carbocycles. The van der Waals surface area contributed by atoms with Crippen molar-refractivity contribution < 1.29 is 23.0 Å². The average Bonchev–Trinajstić information content (AvgIpc) is 3.39. The molecule has 3 aromatic rings. The number of nitrogens with zero attached hydrogens (tertiary/aromatic N) is 3. The van der Waals surface area contributed by atoms with Crippen LogP contribution in [-0.2, 0) is 4.74 Å². The van der Waals surface area contributed by atoms with E-state index >= 15 is 8.78 Å². The number of hydrogen-bond donors (Lipinski definition) is 1. The SMILES string of the molecule is COc1cc(C)c(-c2cc(F)c(-c3c(C(N)=O)cnn3[C@H]3CCOC3)cc2F)c(C)n1. The molecule has 1 aliphatic rings. The van der Waals surface area contributed by atoms with E-state index in [1.165, 1.54) is 18.0 Å². The summed E-state index contributed by atoms with van der Waals surface area (Å²) in [5, 5.41) is 4.22. The van der Waals surface area contributed by atoms with Gasteiger partial charge in [-0.25, -0.2) is 13.8 Å². The molecule has 31 heavy (non-hydrogen) atoms. The molecule has 1 atom stereocenters. The predicted molar refractivity (Wildman–Crippen MR) is 110 cm³/mol. The molecule has 4 rings (SSSR count). The topological polar surface area (TPSA) is 92.3 Å². The van der Waals surface area contributed by atoms with Gasteiger partial charge in [-0.15, -0.1) is 0 Å². The minimum absolute atomic E-state index is 0.0245. The number of aryl methyl sites for hydroxylation is 2. The molecule has 0 saturated carbocycles. The molecule has 1 fully saturated rings. The third-order valence-corrected chi connectivity index (χ3v) is 5.48. The van der Waals surface area contributed by atoms with Crippen molar-refractivity contribution >= 4 is 5.91 Å². The summed E-state index contributed by atoms with van der Waals surface area (Å²) in [4.78, 5) is 16.2. The third-order valence-electron chi connectivity index (χ3n) is 5.48. The van der Waals surface area contributed by atoms with Crippen LogP contribution < -0.4 is 10.5 Å². The number of primary amides is 1. The van der Waals surface area contributed by atoms with Gasteiger partial charge < -0.3 is 15.2 Å². The first-order valence-electron chi connectivity index (χ1n) is 9.78. The molecule has 2 N–H and O–H groups in total. The number of rotatable bonds is 5. The van der Waals surface area contributed by atoms with Crippen LogP contribution >= 0.6 is 0 Å². The Bertz CT molecular complexity index is 1150. The summed E-state index contributed by atoms with van der Waals surface area (Å²) in [5.74, 6) is -1.73. The van der Waals surface area contributed by atoms with E-state index in [0.717, 1.165) is 12.1 Å². The van der Waals surface area contributed by atoms with Crippen molar-refractivity contribution in [3.05, 3.63) is 52.9 Å². The van der Waals surface area contributed by atoms with E-state index < -0.39 is 17.5 Å². The number of pyridine rings is 1. The summed E-state index contributed by atoms with van der Waals surface area (Å²) in [5.41, 5.74) is 7.32. The Morgan fingerprint density at radius 1 is 1.23 bits per heavy atom. The van der Waals surface area contributed by atoms with Crippen molar-refractivity contribution in [1.82, 2.24) is 14.8 Å². The Kier molecular flexibility index (Phi) is 5.45. The second kappa shape index (κ2) is 8.07. The van der Waals surface area contributed by atoms with Crippen LogP contribution in [0.1, 0.15) is 34.1 Å². The third kappa shape index (κ3) is 3.65. The highest BCUT2D eigenvalue weighted by Crippen LogP contribution is 2.37. The highest BCUT2D eigenvalue weighted by Gasteiger charge is 2.28. The summed E-state index contributed by atoms with van der Waals surface area (Å²) < 4.78 is 42.7. The molecule has 0 unspecified atom stereocenters. The van der Waals surface area contributed by atoms with Crippen molar-refractivity contribution in [3.8, 4) is 28.3 Å². The number of carbonyl (C=O) groups is 1. The Morgan fingerprint density at radius 3 is 2.55 bits per heavy atom. The zero-order chi connectivity index (χ0) is 22.3. The molecule has 9 heteroatoms. The normalized spacial score (nSPS) is 16.0. The zero-order valence-electron chi connectivity index (χ0n) is 17.4. The molecular weight excluding hydrogens is 406 g/mol. The van der Waals surface area contributed by atoms with Crippen LogP contribution in [0.5, 0.6) is 5.88 Å². The van der Waals surface area contributed by atoms with Crippen LogP contribution in [0.25, 0.3) is 22.4 Å². The van der Waals surface area contributed by atoms with Gasteiger partial charge in [0.05, 0.1) is 37.2 Å². The maximum absolute atomic E-state index is 15.4. The lowest BCUT2D eigenvalue weighted by molar-refractivity contribution is 0.100. The molecule has 7 nitrogen and oxygen atoms in total. The molecule has 0 radical (unpaired) electrons. The van der Waals surface area contributed by atoms with Gasteiger partial charge in [0, 0.05) is 35.1 Å². The van der Waals surface area contributed by atoms with Gasteiger partial charge in [0.15, 0.2) is 0 Å². The first-order chi connectivity index (χ1) is 14.8. The minimum atomic E-state index is -0.768. The first kappa shape index (κ1) is 20.9. The van der Waals surface area contributed by atoms with E-state index in [0.29, 0.717) is 42.3 Å². The van der Waals surface area contributed by atoms with Gasteiger partial charge in [-0.1, -0.05) is 0 Å². The number of nitrogens with two attached hydrogens (primary N) is 1. The summed E-state index contributed by atoms with van der Waals surface area (Å²) in [6, 6.07) is 3.65. The quantitative estimate of drug-likeness (QED) is 0.671. The van der Waals surface area contributed by atoms with E-state index in [1.807, 2.05) is 0 Å². The summed E-state index contributed by atoms with van der Waals surface area (Å²) in [7, 11) is 1.49. The highest BCUT2D eigenvalue weighted by atomic mass is 19.1. The molecule has 1 amide bonds. The zero-order valence-corrected chi connectivity index (χ0v) is 17.4. The maximum atomic E-state index is 15.4. The fourth-order valence-corrected chi connectivity index (χ4v) is 4.03. The van der Waals surface area contributed by atoms with Gasteiger partial charge in [-0.2, -0.15) is 5.10 Å². The molecule has 2 aromatic heterocycles. The lowest BCUT2D eigenvalue weighted by Gasteiger charge is -2.17. The van der Waals surface area contributed by atoms with Gasteiger partial charge in [-0.3, -0.25) is 9.48 Å². The van der Waals surface area contributed by atoms with Crippen molar-refractivity contribution in [2.45, 2.75) is 26.3 Å². The standard InChI is InChI=1S/C22H22F2N4O3/c1-11-6-19(30-3)27-12(2)20(11)14-7-18(24)15(8-17(14)23)21-16(22(25)29)9-26-28(21)13-4-5-31-10-13/h6-9,13H,4-5,10H2,1-3H3,(H2,25,29)/t13-/m0/s1. The van der Waals surface area contributed by atoms with Crippen LogP contribution in [0.2, 0.25) is 0 Å². The van der Waals surface area contributed by atoms with Crippen LogP contribution in [0, 0.1) is 25.5 Å². The molecular formula is C22H22F2N4O3. The van der Waals surface area contributed by atoms with E-state index in [9.17, 15) is 4.79 Å². The van der Waals surface area contributed by atoms with E-state index in [2.05, 4.69) is 10.1 Å². The Balaban J connectivity index is 1.88. The maximum Gasteiger partial charge on any atom is 0.252 e. The molecule has 3 heterocycles. The van der Waals surface area contributed by atoms with Gasteiger partial charge in [0.25, 0.3) is 5.91 Å². The van der Waals surface area contributed by atoms with E-state index in [4.69, 9.17) is 15.2 Å². The van der Waals surface area contributed by atoms with Crippen LogP contribution in [0.3, 0.4) is 0 Å². The molecule has 1 aliphatic heterocycles. The Hall–Kier alpha value is -3.33. The van der Waals surface area contributed by atoms with Crippen molar-refractivity contribution in [3.63, 3.8) is 0 Å². The molecule has 162 valence electrons. The first-order valence-corrected chi connectivity index (χ1v) is 9.78. The lowest BCUT2D eigenvalue weighted by atomic mass is 9.96.